The highest BCUT2D eigenvalue weighted by molar-refractivity contribution is 5.79. The van der Waals surface area contributed by atoms with Crippen LogP contribution in [-0.4, -0.2) is 49.2 Å². The quantitative estimate of drug-likeness (QED) is 0.666. The number of rotatable bonds is 6. The first-order chi connectivity index (χ1) is 13.7. The molecule has 0 radical (unpaired) electrons. The number of anilines is 1. The van der Waals surface area contributed by atoms with Gasteiger partial charge in [-0.1, -0.05) is 6.07 Å². The highest BCUT2D eigenvalue weighted by Crippen LogP contribution is 2.19. The molecular weight excluding hydrogens is 357 g/mol. The van der Waals surface area contributed by atoms with Crippen LogP contribution in [0.3, 0.4) is 0 Å². The van der Waals surface area contributed by atoms with E-state index in [9.17, 15) is 9.18 Å². The summed E-state index contributed by atoms with van der Waals surface area (Å²) in [6, 6.07) is 15.8. The molecule has 0 amide bonds. The van der Waals surface area contributed by atoms with E-state index in [-0.39, 0.29) is 11.4 Å². The number of halogens is 1. The zero-order chi connectivity index (χ0) is 19.3. The van der Waals surface area contributed by atoms with Crippen molar-refractivity contribution in [2.24, 2.45) is 0 Å². The van der Waals surface area contributed by atoms with Gasteiger partial charge < -0.3 is 14.6 Å². The first-order valence-corrected chi connectivity index (χ1v) is 9.66. The molecule has 146 valence electrons. The van der Waals surface area contributed by atoms with E-state index in [1.54, 1.807) is 18.2 Å². The molecule has 2 aromatic carbocycles. The van der Waals surface area contributed by atoms with E-state index >= 15 is 0 Å². The third kappa shape index (κ3) is 4.51. The Morgan fingerprint density at radius 3 is 2.68 bits per heavy atom. The molecule has 2 heterocycles. The Kier molecular flexibility index (Phi) is 5.58. The topological polar surface area (TPSA) is 48.6 Å². The van der Waals surface area contributed by atoms with Crippen molar-refractivity contribution in [3.63, 3.8) is 0 Å². The number of benzene rings is 2. The molecule has 0 spiro atoms. The van der Waals surface area contributed by atoms with Crippen LogP contribution in [0.4, 0.5) is 10.1 Å². The molecule has 0 aliphatic carbocycles. The number of nitrogens with one attached hydrogen (secondary N) is 1. The third-order valence-electron chi connectivity index (χ3n) is 5.13. The van der Waals surface area contributed by atoms with Gasteiger partial charge in [0.2, 0.25) is 5.56 Å². The van der Waals surface area contributed by atoms with Gasteiger partial charge in [0.05, 0.1) is 6.61 Å². The molecule has 1 aliphatic rings. The minimum atomic E-state index is -0.183. The van der Waals surface area contributed by atoms with E-state index in [0.717, 1.165) is 61.5 Å². The lowest BCUT2D eigenvalue weighted by molar-refractivity contribution is 0.225. The Bertz CT molecular complexity index is 996. The average molecular weight is 381 g/mol. The predicted molar refractivity (Wildman–Crippen MR) is 110 cm³/mol. The number of hydrogen-bond donors (Lipinski definition) is 1. The minimum Gasteiger partial charge on any atom is -0.494 e. The summed E-state index contributed by atoms with van der Waals surface area (Å²) in [6.07, 6.45) is 0.948. The second-order valence-corrected chi connectivity index (χ2v) is 7.08. The smallest absolute Gasteiger partial charge is 0.248 e. The second-order valence-electron chi connectivity index (χ2n) is 7.08. The molecule has 1 fully saturated rings. The number of H-pyrrole nitrogens is 1. The van der Waals surface area contributed by atoms with Gasteiger partial charge in [0, 0.05) is 55.4 Å². The normalized spacial score (nSPS) is 15.1. The fraction of sp³-hybridized carbons (Fsp3) is 0.318. The average Bonchev–Trinajstić information content (AvgIpc) is 2.72. The van der Waals surface area contributed by atoms with Gasteiger partial charge in [0.25, 0.3) is 0 Å². The van der Waals surface area contributed by atoms with Crippen LogP contribution in [0.2, 0.25) is 0 Å². The molecule has 4 rings (SSSR count). The maximum atomic E-state index is 13.4. The van der Waals surface area contributed by atoms with Crippen LogP contribution in [0.25, 0.3) is 10.9 Å². The van der Waals surface area contributed by atoms with Crippen molar-refractivity contribution in [1.29, 1.82) is 0 Å². The van der Waals surface area contributed by atoms with Crippen LogP contribution in [0.15, 0.2) is 59.4 Å². The summed E-state index contributed by atoms with van der Waals surface area (Å²) in [5, 5.41) is 0.963. The molecule has 28 heavy (non-hydrogen) atoms. The summed E-state index contributed by atoms with van der Waals surface area (Å²) < 4.78 is 19.2. The van der Waals surface area contributed by atoms with Gasteiger partial charge in [0.1, 0.15) is 11.6 Å². The largest absolute Gasteiger partial charge is 0.494 e. The van der Waals surface area contributed by atoms with Crippen molar-refractivity contribution in [2.75, 3.05) is 44.2 Å². The SMILES string of the molecule is O=c1ccc2cc(OCCCN3CCN(c4cccc(F)c4)CC3)ccc2[nH]1. The van der Waals surface area contributed by atoms with Gasteiger partial charge in [-0.05, 0) is 48.9 Å². The predicted octanol–water partition coefficient (Wildman–Crippen LogP) is 3.26. The molecule has 1 aromatic heterocycles. The lowest BCUT2D eigenvalue weighted by Crippen LogP contribution is -2.46. The van der Waals surface area contributed by atoms with Gasteiger partial charge in [-0.15, -0.1) is 0 Å². The first kappa shape index (κ1) is 18.5. The van der Waals surface area contributed by atoms with Crippen molar-refractivity contribution < 1.29 is 9.13 Å². The number of nitrogens with zero attached hydrogens (tertiary/aromatic N) is 2. The Hall–Kier alpha value is -2.86. The molecule has 3 aromatic rings. The molecule has 1 aliphatic heterocycles. The molecule has 0 atom stereocenters. The number of hydrogen-bond acceptors (Lipinski definition) is 4. The zero-order valence-corrected chi connectivity index (χ0v) is 15.7. The Balaban J connectivity index is 1.21. The van der Waals surface area contributed by atoms with Gasteiger partial charge in [-0.3, -0.25) is 9.69 Å². The number of fused-ring (bicyclic) bond motifs is 1. The van der Waals surface area contributed by atoms with E-state index in [1.165, 1.54) is 12.1 Å². The molecule has 1 N–H and O–H groups in total. The minimum absolute atomic E-state index is 0.0985. The van der Waals surface area contributed by atoms with E-state index in [2.05, 4.69) is 14.8 Å². The van der Waals surface area contributed by atoms with Crippen LogP contribution in [0, 0.1) is 5.82 Å². The maximum Gasteiger partial charge on any atom is 0.248 e. The molecular formula is C22H24FN3O2. The summed E-state index contributed by atoms with van der Waals surface area (Å²) in [7, 11) is 0. The van der Waals surface area contributed by atoms with Crippen molar-refractivity contribution in [3.8, 4) is 5.75 Å². The monoisotopic (exact) mass is 381 g/mol. The lowest BCUT2D eigenvalue weighted by Gasteiger charge is -2.36. The number of pyridine rings is 1. The summed E-state index contributed by atoms with van der Waals surface area (Å²) in [5.74, 6) is 0.632. The molecule has 5 nitrogen and oxygen atoms in total. The second kappa shape index (κ2) is 8.44. The van der Waals surface area contributed by atoms with Crippen molar-refractivity contribution in [1.82, 2.24) is 9.88 Å². The molecule has 6 heteroatoms. The molecule has 0 bridgehead atoms. The van der Waals surface area contributed by atoms with Gasteiger partial charge in [-0.2, -0.15) is 0 Å². The Morgan fingerprint density at radius 1 is 1.00 bits per heavy atom. The third-order valence-corrected chi connectivity index (χ3v) is 5.13. The summed E-state index contributed by atoms with van der Waals surface area (Å²) >= 11 is 0. The van der Waals surface area contributed by atoms with Gasteiger partial charge >= 0.3 is 0 Å². The molecule has 0 saturated carbocycles. The van der Waals surface area contributed by atoms with Crippen LogP contribution in [0.5, 0.6) is 5.75 Å². The molecule has 1 saturated heterocycles. The number of ether oxygens (including phenoxy) is 1. The van der Waals surface area contributed by atoms with Crippen molar-refractivity contribution in [2.45, 2.75) is 6.42 Å². The van der Waals surface area contributed by atoms with Gasteiger partial charge in [0.15, 0.2) is 0 Å². The zero-order valence-electron chi connectivity index (χ0n) is 15.7. The highest BCUT2D eigenvalue weighted by Gasteiger charge is 2.17. The number of aromatic amines is 1. The molecule has 0 unspecified atom stereocenters. The van der Waals surface area contributed by atoms with E-state index in [1.807, 2.05) is 24.3 Å². The van der Waals surface area contributed by atoms with Crippen LogP contribution >= 0.6 is 0 Å². The Labute approximate surface area is 163 Å². The fourth-order valence-corrected chi connectivity index (χ4v) is 3.60. The standard InChI is InChI=1S/C22H24FN3O2/c23-18-3-1-4-19(16-18)26-12-10-25(11-13-26)9-2-14-28-20-6-7-21-17(15-20)5-8-22(27)24-21/h1,3-8,15-16H,2,9-14H2,(H,24,27). The van der Waals surface area contributed by atoms with Crippen molar-refractivity contribution in [3.05, 3.63) is 70.8 Å². The van der Waals surface area contributed by atoms with E-state index in [0.29, 0.717) is 6.61 Å². The van der Waals surface area contributed by atoms with Crippen LogP contribution in [0.1, 0.15) is 6.42 Å². The summed E-state index contributed by atoms with van der Waals surface area (Å²) in [6.45, 7) is 5.40. The van der Waals surface area contributed by atoms with Gasteiger partial charge in [-0.25, -0.2) is 4.39 Å². The van der Waals surface area contributed by atoms with Crippen molar-refractivity contribution >= 4 is 16.6 Å². The van der Waals surface area contributed by atoms with Crippen LogP contribution in [-0.2, 0) is 0 Å². The van der Waals surface area contributed by atoms with E-state index in [4.69, 9.17) is 4.74 Å². The maximum absolute atomic E-state index is 13.4. The van der Waals surface area contributed by atoms with E-state index < -0.39 is 0 Å². The highest BCUT2D eigenvalue weighted by atomic mass is 19.1. The first-order valence-electron chi connectivity index (χ1n) is 9.66. The number of aromatic nitrogens is 1. The fourth-order valence-electron chi connectivity index (χ4n) is 3.60. The summed E-state index contributed by atoms with van der Waals surface area (Å²) in [5.41, 5.74) is 1.68. The Morgan fingerprint density at radius 2 is 1.86 bits per heavy atom. The lowest BCUT2D eigenvalue weighted by atomic mass is 10.2. The number of piperazine rings is 1. The summed E-state index contributed by atoms with van der Waals surface area (Å²) in [4.78, 5) is 18.8. The van der Waals surface area contributed by atoms with Crippen LogP contribution < -0.4 is 15.2 Å².